The molecule has 144 valence electrons. The minimum absolute atomic E-state index is 0.754. The molecule has 0 aromatic heterocycles. The van der Waals surface area contributed by atoms with Gasteiger partial charge in [-0.1, -0.05) is 36.4 Å². The Morgan fingerprint density at radius 1 is 0.852 bits per heavy atom. The third-order valence-corrected chi connectivity index (χ3v) is 6.06. The summed E-state index contributed by atoms with van der Waals surface area (Å²) in [5.74, 6) is 0.945. The van der Waals surface area contributed by atoms with Crippen molar-refractivity contribution in [1.29, 1.82) is 0 Å². The first kappa shape index (κ1) is 18.3. The Morgan fingerprint density at radius 3 is 2.30 bits per heavy atom. The monoisotopic (exact) mass is 365 g/mol. The summed E-state index contributed by atoms with van der Waals surface area (Å²) in [6.45, 7) is 8.08. The number of ether oxygens (including phenoxy) is 1. The topological polar surface area (TPSA) is 19.0 Å². The largest absolute Gasteiger partial charge is 0.497 e. The summed E-state index contributed by atoms with van der Waals surface area (Å²) in [7, 11) is 1.74. The molecule has 4 heteroatoms. The van der Waals surface area contributed by atoms with Gasteiger partial charge in [0.2, 0.25) is 0 Å². The van der Waals surface area contributed by atoms with Crippen molar-refractivity contribution in [3.63, 3.8) is 0 Å². The van der Waals surface area contributed by atoms with Crippen molar-refractivity contribution in [3.8, 4) is 5.75 Å². The van der Waals surface area contributed by atoms with Crippen LogP contribution >= 0.6 is 0 Å². The van der Waals surface area contributed by atoms with E-state index < -0.39 is 0 Å². The van der Waals surface area contributed by atoms with Gasteiger partial charge in [0.15, 0.2) is 0 Å². The Balaban J connectivity index is 1.24. The van der Waals surface area contributed by atoms with E-state index in [1.807, 2.05) is 6.07 Å². The third kappa shape index (κ3) is 4.63. The molecule has 0 spiro atoms. The number of benzene rings is 2. The van der Waals surface area contributed by atoms with Crippen molar-refractivity contribution in [2.45, 2.75) is 25.4 Å². The van der Waals surface area contributed by atoms with Crippen LogP contribution < -0.4 is 9.64 Å². The number of likely N-dealkylation sites (tertiary alicyclic amines) is 1. The van der Waals surface area contributed by atoms with Crippen molar-refractivity contribution in [3.05, 3.63) is 60.2 Å². The quantitative estimate of drug-likeness (QED) is 0.807. The first-order valence-corrected chi connectivity index (χ1v) is 10.2. The molecular weight excluding hydrogens is 334 g/mol. The van der Waals surface area contributed by atoms with E-state index in [0.29, 0.717) is 0 Å². The lowest BCUT2D eigenvalue weighted by atomic mass is 10.0. The van der Waals surface area contributed by atoms with Crippen LogP contribution in [0.1, 0.15) is 18.4 Å². The molecule has 0 aliphatic carbocycles. The Labute approximate surface area is 163 Å². The molecule has 2 aliphatic rings. The smallest absolute Gasteiger partial charge is 0.120 e. The van der Waals surface area contributed by atoms with Crippen molar-refractivity contribution in [1.82, 2.24) is 9.80 Å². The minimum atomic E-state index is 0.754. The van der Waals surface area contributed by atoms with Gasteiger partial charge in [0.1, 0.15) is 5.75 Å². The van der Waals surface area contributed by atoms with Crippen LogP contribution in [0, 0.1) is 0 Å². The van der Waals surface area contributed by atoms with Gasteiger partial charge in [0.05, 0.1) is 7.11 Å². The third-order valence-electron chi connectivity index (χ3n) is 6.06. The Hall–Kier alpha value is -2.04. The van der Waals surface area contributed by atoms with E-state index in [9.17, 15) is 0 Å². The van der Waals surface area contributed by atoms with Crippen LogP contribution in [0.5, 0.6) is 5.75 Å². The first-order valence-electron chi connectivity index (χ1n) is 10.2. The van der Waals surface area contributed by atoms with E-state index in [-0.39, 0.29) is 0 Å². The number of piperazine rings is 1. The highest BCUT2D eigenvalue weighted by molar-refractivity contribution is 5.51. The summed E-state index contributed by atoms with van der Waals surface area (Å²) in [4.78, 5) is 7.82. The van der Waals surface area contributed by atoms with Crippen molar-refractivity contribution >= 4 is 5.69 Å². The predicted molar refractivity (Wildman–Crippen MR) is 112 cm³/mol. The molecule has 2 aromatic rings. The number of hydrogen-bond donors (Lipinski definition) is 0. The molecule has 2 aliphatic heterocycles. The number of rotatable bonds is 5. The SMILES string of the molecule is COc1cccc(N2CCN(C3CCN(Cc4ccccc4)CC3)CC2)c1. The fourth-order valence-corrected chi connectivity index (χ4v) is 4.44. The van der Waals surface area contributed by atoms with Crippen molar-refractivity contribution < 1.29 is 4.74 Å². The van der Waals surface area contributed by atoms with E-state index in [1.165, 1.54) is 50.3 Å². The Bertz CT molecular complexity index is 705. The van der Waals surface area contributed by atoms with E-state index >= 15 is 0 Å². The summed E-state index contributed by atoms with van der Waals surface area (Å²) < 4.78 is 5.37. The molecule has 2 fully saturated rings. The van der Waals surface area contributed by atoms with Gasteiger partial charge >= 0.3 is 0 Å². The molecule has 0 N–H and O–H groups in total. The lowest BCUT2D eigenvalue weighted by molar-refractivity contribution is 0.0998. The molecule has 0 amide bonds. The minimum Gasteiger partial charge on any atom is -0.497 e. The van der Waals surface area contributed by atoms with Crippen LogP contribution in [0.25, 0.3) is 0 Å². The van der Waals surface area contributed by atoms with Gasteiger partial charge in [-0.25, -0.2) is 0 Å². The highest BCUT2D eigenvalue weighted by Crippen LogP contribution is 2.24. The second-order valence-corrected chi connectivity index (χ2v) is 7.72. The van der Waals surface area contributed by atoms with Crippen LogP contribution in [-0.2, 0) is 6.54 Å². The highest BCUT2D eigenvalue weighted by atomic mass is 16.5. The molecule has 0 saturated carbocycles. The van der Waals surface area contributed by atoms with Crippen LogP contribution in [0.3, 0.4) is 0 Å². The van der Waals surface area contributed by atoms with Gasteiger partial charge in [0.25, 0.3) is 0 Å². The molecular formula is C23H31N3O. The molecule has 4 nitrogen and oxygen atoms in total. The molecule has 2 heterocycles. The average Bonchev–Trinajstić information content (AvgIpc) is 2.75. The maximum Gasteiger partial charge on any atom is 0.120 e. The lowest BCUT2D eigenvalue weighted by Gasteiger charge is -2.43. The van der Waals surface area contributed by atoms with Crippen LogP contribution in [0.4, 0.5) is 5.69 Å². The molecule has 4 rings (SSSR count). The highest BCUT2D eigenvalue weighted by Gasteiger charge is 2.27. The van der Waals surface area contributed by atoms with Gasteiger partial charge in [-0.3, -0.25) is 9.80 Å². The van der Waals surface area contributed by atoms with E-state index in [0.717, 1.165) is 31.4 Å². The lowest BCUT2D eigenvalue weighted by Crippen LogP contribution is -2.53. The summed E-state index contributed by atoms with van der Waals surface area (Å²) in [6, 6.07) is 20.1. The van der Waals surface area contributed by atoms with Crippen molar-refractivity contribution in [2.75, 3.05) is 51.3 Å². The number of methoxy groups -OCH3 is 1. The number of anilines is 1. The molecule has 0 atom stereocenters. The molecule has 0 unspecified atom stereocenters. The summed E-state index contributed by atoms with van der Waals surface area (Å²) >= 11 is 0. The number of hydrogen-bond acceptors (Lipinski definition) is 4. The molecule has 27 heavy (non-hydrogen) atoms. The maximum absolute atomic E-state index is 5.37. The summed E-state index contributed by atoms with van der Waals surface area (Å²) in [5, 5.41) is 0. The van der Waals surface area contributed by atoms with Crippen molar-refractivity contribution in [2.24, 2.45) is 0 Å². The number of piperidine rings is 1. The Morgan fingerprint density at radius 2 is 1.59 bits per heavy atom. The predicted octanol–water partition coefficient (Wildman–Crippen LogP) is 3.48. The second kappa shape index (κ2) is 8.77. The van der Waals surface area contributed by atoms with E-state index in [1.54, 1.807) is 7.11 Å². The molecule has 2 aromatic carbocycles. The van der Waals surface area contributed by atoms with E-state index in [4.69, 9.17) is 4.74 Å². The van der Waals surface area contributed by atoms with Gasteiger partial charge in [0, 0.05) is 50.5 Å². The standard InChI is InChI=1S/C23H31N3O/c1-27-23-9-5-8-22(18-23)26-16-14-25(15-17-26)21-10-12-24(13-11-21)19-20-6-3-2-4-7-20/h2-9,18,21H,10-17,19H2,1H3. The number of nitrogens with zero attached hydrogens (tertiary/aromatic N) is 3. The van der Waals surface area contributed by atoms with E-state index in [2.05, 4.69) is 63.2 Å². The van der Waals surface area contributed by atoms with Gasteiger partial charge in [-0.15, -0.1) is 0 Å². The van der Waals surface area contributed by atoms with Crippen LogP contribution in [-0.4, -0.2) is 62.2 Å². The van der Waals surface area contributed by atoms with Gasteiger partial charge in [-0.2, -0.15) is 0 Å². The average molecular weight is 366 g/mol. The van der Waals surface area contributed by atoms with Crippen LogP contribution in [0.2, 0.25) is 0 Å². The fraction of sp³-hybridized carbons (Fsp3) is 0.478. The summed E-state index contributed by atoms with van der Waals surface area (Å²) in [6.07, 6.45) is 2.60. The zero-order chi connectivity index (χ0) is 18.5. The Kier molecular flexibility index (Phi) is 5.95. The zero-order valence-corrected chi connectivity index (χ0v) is 16.4. The maximum atomic E-state index is 5.37. The molecule has 0 bridgehead atoms. The first-order chi connectivity index (χ1) is 13.3. The van der Waals surface area contributed by atoms with Gasteiger partial charge in [-0.05, 0) is 43.6 Å². The second-order valence-electron chi connectivity index (χ2n) is 7.72. The normalized spacial score (nSPS) is 20.0. The summed E-state index contributed by atoms with van der Waals surface area (Å²) in [5.41, 5.74) is 2.72. The molecule has 0 radical (unpaired) electrons. The molecule has 2 saturated heterocycles. The van der Waals surface area contributed by atoms with Gasteiger partial charge < -0.3 is 9.64 Å². The fourth-order valence-electron chi connectivity index (χ4n) is 4.44. The zero-order valence-electron chi connectivity index (χ0n) is 16.4. The van der Waals surface area contributed by atoms with Crippen LogP contribution in [0.15, 0.2) is 54.6 Å².